The Labute approximate surface area is 139 Å². The van der Waals surface area contributed by atoms with Gasteiger partial charge in [0, 0.05) is 15.8 Å². The lowest BCUT2D eigenvalue weighted by Gasteiger charge is -2.07. The topological polar surface area (TPSA) is 82.2 Å². The molecule has 0 atom stereocenters. The molecule has 0 aliphatic heterocycles. The van der Waals surface area contributed by atoms with Crippen molar-refractivity contribution in [2.24, 2.45) is 0 Å². The van der Waals surface area contributed by atoms with Crippen LogP contribution in [-0.4, -0.2) is 17.3 Å². The molecule has 3 aromatic rings. The normalized spacial score (nSPS) is 11.7. The maximum atomic E-state index is 12.7. The zero-order valence-corrected chi connectivity index (χ0v) is 14.0. The van der Waals surface area contributed by atoms with Gasteiger partial charge in [-0.05, 0) is 40.8 Å². The van der Waals surface area contributed by atoms with E-state index in [-0.39, 0.29) is 10.6 Å². The Morgan fingerprint density at radius 2 is 1.73 bits per heavy atom. The van der Waals surface area contributed by atoms with Gasteiger partial charge in [0.15, 0.2) is 0 Å². The molecule has 3 rings (SSSR count). The monoisotopic (exact) mass is 428 g/mol. The van der Waals surface area contributed by atoms with Crippen molar-refractivity contribution in [3.8, 4) is 0 Å². The SMILES string of the molecule is O=[N+]([O-])c1cccc2c1c(I)cn2S(=O)(=O)c1ccccc1. The van der Waals surface area contributed by atoms with Gasteiger partial charge in [-0.15, -0.1) is 0 Å². The van der Waals surface area contributed by atoms with E-state index in [9.17, 15) is 18.5 Å². The molecular weight excluding hydrogens is 419 g/mol. The number of fused-ring (bicyclic) bond motifs is 1. The first kappa shape index (κ1) is 15.0. The van der Waals surface area contributed by atoms with E-state index in [0.29, 0.717) is 14.5 Å². The number of hydrogen-bond acceptors (Lipinski definition) is 4. The van der Waals surface area contributed by atoms with Crippen LogP contribution in [0.25, 0.3) is 10.9 Å². The molecule has 0 N–H and O–H groups in total. The van der Waals surface area contributed by atoms with E-state index in [4.69, 9.17) is 0 Å². The number of hydrogen-bond donors (Lipinski definition) is 0. The fourth-order valence-electron chi connectivity index (χ4n) is 2.25. The van der Waals surface area contributed by atoms with Gasteiger partial charge >= 0.3 is 0 Å². The fourth-order valence-corrected chi connectivity index (χ4v) is 4.65. The van der Waals surface area contributed by atoms with Crippen molar-refractivity contribution in [3.05, 3.63) is 68.4 Å². The van der Waals surface area contributed by atoms with E-state index in [1.165, 1.54) is 30.5 Å². The van der Waals surface area contributed by atoms with Gasteiger partial charge in [-0.1, -0.05) is 24.3 Å². The molecule has 0 saturated carbocycles. The molecule has 6 nitrogen and oxygen atoms in total. The number of nitro groups is 1. The summed E-state index contributed by atoms with van der Waals surface area (Å²) in [5.41, 5.74) is 0.186. The maximum absolute atomic E-state index is 12.7. The summed E-state index contributed by atoms with van der Waals surface area (Å²) in [5.74, 6) is 0. The van der Waals surface area contributed by atoms with E-state index >= 15 is 0 Å². The van der Waals surface area contributed by atoms with Crippen LogP contribution in [0.3, 0.4) is 0 Å². The zero-order chi connectivity index (χ0) is 15.9. The Bertz CT molecular complexity index is 981. The average molecular weight is 428 g/mol. The van der Waals surface area contributed by atoms with Crippen LogP contribution in [0, 0.1) is 13.7 Å². The second-order valence-corrected chi connectivity index (χ2v) is 7.50. The summed E-state index contributed by atoms with van der Waals surface area (Å²) in [6, 6.07) is 12.4. The second-order valence-electron chi connectivity index (χ2n) is 4.52. The van der Waals surface area contributed by atoms with E-state index in [0.717, 1.165) is 3.97 Å². The quantitative estimate of drug-likeness (QED) is 0.364. The molecule has 0 spiro atoms. The molecule has 0 aliphatic rings. The molecule has 2 aromatic carbocycles. The molecule has 1 aromatic heterocycles. The lowest BCUT2D eigenvalue weighted by Crippen LogP contribution is -2.11. The summed E-state index contributed by atoms with van der Waals surface area (Å²) in [6.07, 6.45) is 1.40. The summed E-state index contributed by atoms with van der Waals surface area (Å²) >= 11 is 1.91. The smallest absolute Gasteiger partial charge is 0.258 e. The number of nitro benzene ring substituents is 1. The third-order valence-electron chi connectivity index (χ3n) is 3.22. The van der Waals surface area contributed by atoms with Gasteiger partial charge in [0.25, 0.3) is 15.7 Å². The Balaban J connectivity index is 2.35. The van der Waals surface area contributed by atoms with Crippen LogP contribution in [-0.2, 0) is 10.0 Å². The summed E-state index contributed by atoms with van der Waals surface area (Å²) in [5, 5.41) is 11.5. The molecule has 112 valence electrons. The first-order chi connectivity index (χ1) is 10.4. The van der Waals surface area contributed by atoms with Crippen LogP contribution in [0.2, 0.25) is 0 Å². The molecule has 0 aliphatic carbocycles. The molecule has 0 bridgehead atoms. The standard InChI is InChI=1S/C14H9IN2O4S/c15-11-9-16(22(20,21)10-5-2-1-3-6-10)12-7-4-8-13(14(11)12)17(18)19/h1-9H. The van der Waals surface area contributed by atoms with E-state index in [1.54, 1.807) is 24.3 Å². The minimum atomic E-state index is -3.80. The van der Waals surface area contributed by atoms with Crippen molar-refractivity contribution in [3.63, 3.8) is 0 Å². The van der Waals surface area contributed by atoms with Crippen LogP contribution in [0.15, 0.2) is 59.6 Å². The number of aromatic nitrogens is 1. The predicted octanol–water partition coefficient (Wildman–Crippen LogP) is 3.39. The highest BCUT2D eigenvalue weighted by Gasteiger charge is 2.24. The summed E-state index contributed by atoms with van der Waals surface area (Å²) in [4.78, 5) is 10.8. The highest BCUT2D eigenvalue weighted by atomic mass is 127. The van der Waals surface area contributed by atoms with Gasteiger partial charge in [-0.25, -0.2) is 12.4 Å². The molecule has 0 amide bonds. The Kier molecular flexibility index (Phi) is 3.65. The van der Waals surface area contributed by atoms with Crippen LogP contribution in [0.1, 0.15) is 0 Å². The average Bonchev–Trinajstić information content (AvgIpc) is 2.86. The molecule has 0 radical (unpaired) electrons. The molecule has 0 unspecified atom stereocenters. The van der Waals surface area contributed by atoms with Crippen LogP contribution >= 0.6 is 22.6 Å². The Hall–Kier alpha value is -1.94. The Morgan fingerprint density at radius 1 is 1.05 bits per heavy atom. The van der Waals surface area contributed by atoms with Gasteiger partial charge < -0.3 is 0 Å². The number of nitrogens with zero attached hydrogens (tertiary/aromatic N) is 2. The number of rotatable bonds is 3. The lowest BCUT2D eigenvalue weighted by molar-refractivity contribution is -0.383. The number of halogens is 1. The van der Waals surface area contributed by atoms with E-state index in [2.05, 4.69) is 0 Å². The summed E-state index contributed by atoms with van der Waals surface area (Å²) < 4.78 is 27.1. The van der Waals surface area contributed by atoms with Crippen molar-refractivity contribution in [2.45, 2.75) is 4.90 Å². The molecule has 0 saturated heterocycles. The molecule has 8 heteroatoms. The van der Waals surface area contributed by atoms with Crippen LogP contribution in [0.4, 0.5) is 5.69 Å². The number of benzene rings is 2. The van der Waals surface area contributed by atoms with E-state index in [1.807, 2.05) is 22.6 Å². The van der Waals surface area contributed by atoms with Gasteiger partial charge in [0.2, 0.25) is 0 Å². The van der Waals surface area contributed by atoms with Crippen LogP contribution < -0.4 is 0 Å². The fraction of sp³-hybridized carbons (Fsp3) is 0. The van der Waals surface area contributed by atoms with Crippen molar-refractivity contribution in [1.29, 1.82) is 0 Å². The van der Waals surface area contributed by atoms with Gasteiger partial charge in [0.05, 0.1) is 20.7 Å². The van der Waals surface area contributed by atoms with Crippen molar-refractivity contribution in [2.75, 3.05) is 0 Å². The van der Waals surface area contributed by atoms with Gasteiger partial charge in [-0.2, -0.15) is 0 Å². The van der Waals surface area contributed by atoms with Crippen LogP contribution in [0.5, 0.6) is 0 Å². The zero-order valence-electron chi connectivity index (χ0n) is 11.0. The van der Waals surface area contributed by atoms with Crippen molar-refractivity contribution < 1.29 is 13.3 Å². The number of non-ortho nitro benzene ring substituents is 1. The molecule has 0 fully saturated rings. The highest BCUT2D eigenvalue weighted by Crippen LogP contribution is 2.33. The molecular formula is C14H9IN2O4S. The second kappa shape index (κ2) is 5.36. The van der Waals surface area contributed by atoms with Crippen molar-refractivity contribution in [1.82, 2.24) is 3.97 Å². The first-order valence-electron chi connectivity index (χ1n) is 6.17. The first-order valence-corrected chi connectivity index (χ1v) is 8.69. The minimum Gasteiger partial charge on any atom is -0.258 e. The Morgan fingerprint density at radius 3 is 2.36 bits per heavy atom. The summed E-state index contributed by atoms with van der Waals surface area (Å²) in [6.45, 7) is 0. The largest absolute Gasteiger partial charge is 0.279 e. The maximum Gasteiger partial charge on any atom is 0.279 e. The molecule has 1 heterocycles. The third-order valence-corrected chi connectivity index (χ3v) is 5.73. The van der Waals surface area contributed by atoms with Gasteiger partial charge in [0.1, 0.15) is 0 Å². The summed E-state index contributed by atoms with van der Waals surface area (Å²) in [7, 11) is -3.80. The highest BCUT2D eigenvalue weighted by molar-refractivity contribution is 14.1. The molecule has 22 heavy (non-hydrogen) atoms. The third kappa shape index (κ3) is 2.28. The van der Waals surface area contributed by atoms with E-state index < -0.39 is 14.9 Å². The van der Waals surface area contributed by atoms with Gasteiger partial charge in [-0.3, -0.25) is 10.1 Å². The predicted molar refractivity (Wildman–Crippen MR) is 90.3 cm³/mol. The lowest BCUT2D eigenvalue weighted by atomic mass is 10.2. The minimum absolute atomic E-state index is 0.107. The van der Waals surface area contributed by atoms with Crippen molar-refractivity contribution >= 4 is 49.2 Å².